The van der Waals surface area contributed by atoms with Gasteiger partial charge in [-0.25, -0.2) is 0 Å². The molecule has 1 atom stereocenters. The second-order valence-electron chi connectivity index (χ2n) is 1.15. The van der Waals surface area contributed by atoms with Crippen LogP contribution in [-0.4, -0.2) is 13.2 Å². The summed E-state index contributed by atoms with van der Waals surface area (Å²) in [6.07, 6.45) is 1.00. The summed E-state index contributed by atoms with van der Waals surface area (Å²) in [7, 11) is 0. The largest absolute Gasteiger partial charge is 0.381 e. The molecule has 1 heterocycles. The molecule has 1 rings (SSSR count). The van der Waals surface area contributed by atoms with E-state index in [0.717, 1.165) is 13.0 Å². The SMILES string of the molecule is [2H][C@H]1CCOC1. The van der Waals surface area contributed by atoms with Gasteiger partial charge in [0.1, 0.15) is 0 Å². The molecule has 0 amide bonds. The van der Waals surface area contributed by atoms with Crippen molar-refractivity contribution in [2.75, 3.05) is 13.2 Å². The highest BCUT2D eigenvalue weighted by molar-refractivity contribution is 4.43. The summed E-state index contributed by atoms with van der Waals surface area (Å²) in [4.78, 5) is 0. The Kier molecular flexibility index (Phi) is 0.618. The van der Waals surface area contributed by atoms with Crippen LogP contribution in [-0.2, 0) is 4.74 Å². The molecule has 0 aromatic heterocycles. The number of ether oxygens (including phenoxy) is 1. The molecule has 0 saturated carbocycles. The molecule has 1 saturated heterocycles. The summed E-state index contributed by atoms with van der Waals surface area (Å²) in [6.45, 7) is 1.45. The van der Waals surface area contributed by atoms with Gasteiger partial charge in [-0.2, -0.15) is 0 Å². The maximum absolute atomic E-state index is 7.01. The van der Waals surface area contributed by atoms with Crippen molar-refractivity contribution in [2.24, 2.45) is 0 Å². The Bertz CT molecular complexity index is 40.8. The van der Waals surface area contributed by atoms with Crippen LogP contribution in [0.25, 0.3) is 0 Å². The van der Waals surface area contributed by atoms with Gasteiger partial charge in [0.05, 0.1) is 0 Å². The first-order valence-corrected chi connectivity index (χ1v) is 1.89. The second-order valence-corrected chi connectivity index (χ2v) is 1.15. The quantitative estimate of drug-likeness (QED) is 0.412. The smallest absolute Gasteiger partial charge is 0.0466 e. The third-order valence-electron chi connectivity index (χ3n) is 0.702. The van der Waals surface area contributed by atoms with Crippen LogP contribution in [0.1, 0.15) is 14.2 Å². The summed E-state index contributed by atoms with van der Waals surface area (Å²) < 4.78 is 11.9. The molecule has 0 aromatic rings. The molecule has 0 radical (unpaired) electrons. The summed E-state index contributed by atoms with van der Waals surface area (Å²) in [5.41, 5.74) is 0. The molecule has 0 N–H and O–H groups in total. The Morgan fingerprint density at radius 3 is 2.80 bits per heavy atom. The van der Waals surface area contributed by atoms with Gasteiger partial charge in [-0.1, -0.05) is 0 Å². The normalized spacial score (nSPS) is 41.6. The van der Waals surface area contributed by atoms with Gasteiger partial charge in [0, 0.05) is 14.6 Å². The van der Waals surface area contributed by atoms with E-state index in [9.17, 15) is 0 Å². The predicted molar refractivity (Wildman–Crippen MR) is 20.1 cm³/mol. The van der Waals surface area contributed by atoms with Crippen LogP contribution in [0.2, 0.25) is 0 Å². The molecule has 1 fully saturated rings. The lowest BCUT2D eigenvalue weighted by Gasteiger charge is -1.76. The van der Waals surface area contributed by atoms with E-state index >= 15 is 0 Å². The first-order valence-electron chi connectivity index (χ1n) is 2.47. The maximum Gasteiger partial charge on any atom is 0.0466 e. The van der Waals surface area contributed by atoms with Crippen molar-refractivity contribution in [1.29, 1.82) is 0 Å². The van der Waals surface area contributed by atoms with E-state index in [1.165, 1.54) is 0 Å². The van der Waals surface area contributed by atoms with Crippen LogP contribution in [0.4, 0.5) is 0 Å². The number of hydrogen-bond acceptors (Lipinski definition) is 1. The minimum atomic E-state index is 0.0741. The summed E-state index contributed by atoms with van der Waals surface area (Å²) in [5.74, 6) is 0. The van der Waals surface area contributed by atoms with Crippen LogP contribution in [0.3, 0.4) is 0 Å². The summed E-state index contributed by atoms with van der Waals surface area (Å²) >= 11 is 0. The first kappa shape index (κ1) is 2.19. The van der Waals surface area contributed by atoms with E-state index < -0.39 is 0 Å². The van der Waals surface area contributed by atoms with Crippen molar-refractivity contribution in [3.63, 3.8) is 0 Å². The minimum absolute atomic E-state index is 0.0741. The summed E-state index contributed by atoms with van der Waals surface area (Å²) in [5, 5.41) is 0. The van der Waals surface area contributed by atoms with Gasteiger partial charge in [-0.3, -0.25) is 0 Å². The molecule has 0 aromatic carbocycles. The average Bonchev–Trinajstić information content (AvgIpc) is 1.86. The van der Waals surface area contributed by atoms with Gasteiger partial charge >= 0.3 is 0 Å². The lowest BCUT2D eigenvalue weighted by molar-refractivity contribution is 0.198. The molecule has 0 aliphatic carbocycles. The highest BCUT2D eigenvalue weighted by atomic mass is 16.5. The maximum atomic E-state index is 7.01. The molecule has 5 heavy (non-hydrogen) atoms. The molecule has 0 spiro atoms. The van der Waals surface area contributed by atoms with Crippen molar-refractivity contribution < 1.29 is 6.11 Å². The van der Waals surface area contributed by atoms with Gasteiger partial charge in [0.25, 0.3) is 0 Å². The Labute approximate surface area is 33.3 Å². The Morgan fingerprint density at radius 1 is 1.60 bits per heavy atom. The van der Waals surface area contributed by atoms with Crippen LogP contribution in [0.5, 0.6) is 0 Å². The number of hydrogen-bond donors (Lipinski definition) is 0. The van der Waals surface area contributed by atoms with Crippen LogP contribution in [0, 0.1) is 0 Å². The number of rotatable bonds is 0. The second kappa shape index (κ2) is 1.41. The fraction of sp³-hybridized carbons (Fsp3) is 1.00. The van der Waals surface area contributed by atoms with Crippen molar-refractivity contribution in [3.8, 4) is 0 Å². The van der Waals surface area contributed by atoms with Gasteiger partial charge in [-0.05, 0) is 12.8 Å². The highest BCUT2D eigenvalue weighted by Crippen LogP contribution is 1.98. The monoisotopic (exact) mass is 73.1 g/mol. The zero-order chi connectivity index (χ0) is 4.41. The van der Waals surface area contributed by atoms with E-state index in [1.54, 1.807) is 0 Å². The molecule has 1 nitrogen and oxygen atoms in total. The molecular weight excluding hydrogens is 64.0 g/mol. The lowest BCUT2D eigenvalue weighted by Crippen LogP contribution is -1.74. The predicted octanol–water partition coefficient (Wildman–Crippen LogP) is 0.797. The lowest BCUT2D eigenvalue weighted by atomic mass is 10.4. The standard InChI is InChI=1S/C4H8O/c1-2-4-5-3-1/h1-4H2/i1D/t1-/m0/s1. The topological polar surface area (TPSA) is 9.23 Å². The van der Waals surface area contributed by atoms with Crippen molar-refractivity contribution in [3.05, 3.63) is 0 Å². The van der Waals surface area contributed by atoms with Gasteiger partial charge < -0.3 is 4.74 Å². The molecule has 1 aliphatic heterocycles. The molecule has 0 unspecified atom stereocenters. The Hall–Kier alpha value is -0.0400. The van der Waals surface area contributed by atoms with E-state index in [0.29, 0.717) is 6.61 Å². The fourth-order valence-corrected chi connectivity index (χ4v) is 0.417. The Balaban J connectivity index is 2.18. The molecule has 1 aliphatic rings. The van der Waals surface area contributed by atoms with Crippen molar-refractivity contribution in [2.45, 2.75) is 12.8 Å². The average molecular weight is 73.1 g/mol. The van der Waals surface area contributed by atoms with E-state index in [-0.39, 0.29) is 6.40 Å². The molecule has 1 heteroatoms. The van der Waals surface area contributed by atoms with Crippen LogP contribution >= 0.6 is 0 Å². The first-order chi connectivity index (χ1) is 2.89. The van der Waals surface area contributed by atoms with E-state index in [4.69, 9.17) is 6.11 Å². The van der Waals surface area contributed by atoms with Crippen LogP contribution in [0.15, 0.2) is 0 Å². The zero-order valence-electron chi connectivity index (χ0n) is 4.11. The molecule has 30 valence electrons. The molecule has 0 bridgehead atoms. The van der Waals surface area contributed by atoms with Gasteiger partial charge in [0.15, 0.2) is 0 Å². The molecular formula is C4H8O. The third-order valence-corrected chi connectivity index (χ3v) is 0.702. The minimum Gasteiger partial charge on any atom is -0.381 e. The zero-order valence-corrected chi connectivity index (χ0v) is 3.11. The van der Waals surface area contributed by atoms with Gasteiger partial charge in [0.2, 0.25) is 0 Å². The Morgan fingerprint density at radius 2 is 2.60 bits per heavy atom. The van der Waals surface area contributed by atoms with E-state index in [2.05, 4.69) is 0 Å². The third kappa shape index (κ3) is 0.618. The summed E-state index contributed by atoms with van der Waals surface area (Å²) in [6, 6.07) is 0. The van der Waals surface area contributed by atoms with Crippen LogP contribution < -0.4 is 0 Å². The van der Waals surface area contributed by atoms with Crippen molar-refractivity contribution >= 4 is 0 Å². The fourth-order valence-electron chi connectivity index (χ4n) is 0.417. The van der Waals surface area contributed by atoms with Crippen molar-refractivity contribution in [1.82, 2.24) is 0 Å². The highest BCUT2D eigenvalue weighted by Gasteiger charge is 1.94. The van der Waals surface area contributed by atoms with Gasteiger partial charge in [-0.15, -0.1) is 0 Å². The van der Waals surface area contributed by atoms with E-state index in [1.807, 2.05) is 0 Å².